The van der Waals surface area contributed by atoms with Gasteiger partial charge in [-0.1, -0.05) is 18.2 Å². The van der Waals surface area contributed by atoms with Crippen molar-refractivity contribution in [3.8, 4) is 11.5 Å². The number of hydrogen-bond donors (Lipinski definition) is 2. The lowest BCUT2D eigenvalue weighted by Gasteiger charge is -2.15. The van der Waals surface area contributed by atoms with Gasteiger partial charge in [-0.15, -0.1) is 0 Å². The molecule has 2 aromatic rings. The smallest absolute Gasteiger partial charge is 0.339 e. The fraction of sp³-hybridized carbons (Fsp3) is 0.300. The standard InChI is InChI=1S/C20H25N3O3/c1-13(2)26-19-16(9-7-11-18(19)25-5)12-21-23-20(24)22-17-10-6-8-14(3)15(17)4/h6-13H,1-5H3,(H2,22,23,24)/b21-12+. The van der Waals surface area contributed by atoms with Gasteiger partial charge in [-0.25, -0.2) is 10.2 Å². The maximum Gasteiger partial charge on any atom is 0.339 e. The number of nitrogens with zero attached hydrogens (tertiary/aromatic N) is 1. The van der Waals surface area contributed by atoms with Crippen LogP contribution in [0.25, 0.3) is 0 Å². The number of rotatable bonds is 6. The summed E-state index contributed by atoms with van der Waals surface area (Å²) in [5, 5.41) is 6.80. The number of urea groups is 1. The molecule has 2 aromatic carbocycles. The predicted octanol–water partition coefficient (Wildman–Crippen LogP) is 4.25. The van der Waals surface area contributed by atoms with Crippen molar-refractivity contribution in [1.29, 1.82) is 0 Å². The average Bonchev–Trinajstić information content (AvgIpc) is 2.60. The van der Waals surface area contributed by atoms with Crippen molar-refractivity contribution in [2.75, 3.05) is 12.4 Å². The molecule has 2 amide bonds. The molecule has 6 nitrogen and oxygen atoms in total. The minimum atomic E-state index is -0.413. The highest BCUT2D eigenvalue weighted by Crippen LogP contribution is 2.30. The van der Waals surface area contributed by atoms with Crippen LogP contribution in [0.2, 0.25) is 0 Å². The molecule has 6 heteroatoms. The van der Waals surface area contributed by atoms with Crippen molar-refractivity contribution in [2.24, 2.45) is 5.10 Å². The topological polar surface area (TPSA) is 72.0 Å². The second-order valence-corrected chi connectivity index (χ2v) is 6.12. The monoisotopic (exact) mass is 355 g/mol. The van der Waals surface area contributed by atoms with Crippen molar-refractivity contribution in [1.82, 2.24) is 5.43 Å². The molecular weight excluding hydrogens is 330 g/mol. The zero-order valence-electron chi connectivity index (χ0n) is 15.8. The van der Waals surface area contributed by atoms with Crippen LogP contribution >= 0.6 is 0 Å². The molecule has 2 N–H and O–H groups in total. The largest absolute Gasteiger partial charge is 0.493 e. The summed E-state index contributed by atoms with van der Waals surface area (Å²) in [6.45, 7) is 7.82. The Hall–Kier alpha value is -3.02. The van der Waals surface area contributed by atoms with E-state index in [2.05, 4.69) is 15.8 Å². The molecule has 0 aliphatic heterocycles. The quantitative estimate of drug-likeness (QED) is 0.601. The van der Waals surface area contributed by atoms with Gasteiger partial charge in [0.1, 0.15) is 0 Å². The lowest BCUT2D eigenvalue weighted by molar-refractivity contribution is 0.230. The summed E-state index contributed by atoms with van der Waals surface area (Å²) < 4.78 is 11.1. The minimum Gasteiger partial charge on any atom is -0.493 e. The maximum absolute atomic E-state index is 12.1. The zero-order valence-corrected chi connectivity index (χ0v) is 15.8. The first-order valence-corrected chi connectivity index (χ1v) is 8.42. The highest BCUT2D eigenvalue weighted by molar-refractivity contribution is 5.92. The van der Waals surface area contributed by atoms with E-state index in [-0.39, 0.29) is 6.10 Å². The van der Waals surface area contributed by atoms with E-state index in [1.54, 1.807) is 7.11 Å². The van der Waals surface area contributed by atoms with Gasteiger partial charge in [0.15, 0.2) is 11.5 Å². The van der Waals surface area contributed by atoms with Gasteiger partial charge in [0.25, 0.3) is 0 Å². The van der Waals surface area contributed by atoms with Crippen LogP contribution in [0, 0.1) is 13.8 Å². The van der Waals surface area contributed by atoms with Crippen LogP contribution < -0.4 is 20.2 Å². The Kier molecular flexibility index (Phi) is 6.60. The maximum atomic E-state index is 12.1. The molecule has 0 unspecified atom stereocenters. The van der Waals surface area contributed by atoms with Crippen LogP contribution in [0.15, 0.2) is 41.5 Å². The molecule has 0 aliphatic carbocycles. The van der Waals surface area contributed by atoms with Crippen LogP contribution in [0.3, 0.4) is 0 Å². The zero-order chi connectivity index (χ0) is 19.1. The van der Waals surface area contributed by atoms with Crippen LogP contribution in [-0.2, 0) is 0 Å². The Morgan fingerprint density at radius 1 is 1.15 bits per heavy atom. The number of anilines is 1. The fourth-order valence-electron chi connectivity index (χ4n) is 2.35. The molecule has 0 heterocycles. The van der Waals surface area contributed by atoms with E-state index >= 15 is 0 Å². The second kappa shape index (κ2) is 8.89. The van der Waals surface area contributed by atoms with Crippen molar-refractivity contribution >= 4 is 17.9 Å². The molecule has 0 atom stereocenters. The first-order valence-electron chi connectivity index (χ1n) is 8.42. The normalized spacial score (nSPS) is 10.8. The molecule has 2 rings (SSSR count). The summed E-state index contributed by atoms with van der Waals surface area (Å²) in [4.78, 5) is 12.1. The van der Waals surface area contributed by atoms with Crippen molar-refractivity contribution < 1.29 is 14.3 Å². The number of aryl methyl sites for hydroxylation is 1. The number of ether oxygens (including phenoxy) is 2. The van der Waals surface area contributed by atoms with E-state index in [0.29, 0.717) is 17.1 Å². The van der Waals surface area contributed by atoms with E-state index in [1.165, 1.54) is 6.21 Å². The number of hydrogen-bond acceptors (Lipinski definition) is 4. The molecule has 26 heavy (non-hydrogen) atoms. The van der Waals surface area contributed by atoms with Crippen molar-refractivity contribution in [3.63, 3.8) is 0 Å². The van der Waals surface area contributed by atoms with E-state index in [9.17, 15) is 4.79 Å². The molecule has 0 spiro atoms. The van der Waals surface area contributed by atoms with Gasteiger partial charge in [-0.05, 0) is 57.0 Å². The van der Waals surface area contributed by atoms with Gasteiger partial charge < -0.3 is 14.8 Å². The summed E-state index contributed by atoms with van der Waals surface area (Å²) in [6, 6.07) is 10.8. The number of amides is 2. The third-order valence-corrected chi connectivity index (χ3v) is 3.81. The number of carbonyl (C=O) groups is 1. The van der Waals surface area contributed by atoms with Crippen LogP contribution in [-0.4, -0.2) is 25.5 Å². The lowest BCUT2D eigenvalue weighted by atomic mass is 10.1. The third kappa shape index (κ3) is 4.99. The molecular formula is C20H25N3O3. The summed E-state index contributed by atoms with van der Waals surface area (Å²) in [6.07, 6.45) is 1.52. The van der Waals surface area contributed by atoms with Crippen LogP contribution in [0.5, 0.6) is 11.5 Å². The van der Waals surface area contributed by atoms with Gasteiger partial charge in [0.05, 0.1) is 19.4 Å². The van der Waals surface area contributed by atoms with E-state index in [4.69, 9.17) is 9.47 Å². The van der Waals surface area contributed by atoms with Gasteiger partial charge in [-0.3, -0.25) is 0 Å². The highest BCUT2D eigenvalue weighted by Gasteiger charge is 2.11. The summed E-state index contributed by atoms with van der Waals surface area (Å²) in [5.41, 5.74) is 6.06. The first-order chi connectivity index (χ1) is 12.4. The Bertz CT molecular complexity index is 801. The number of nitrogens with one attached hydrogen (secondary N) is 2. The van der Waals surface area contributed by atoms with E-state index < -0.39 is 6.03 Å². The minimum absolute atomic E-state index is 0.0148. The second-order valence-electron chi connectivity index (χ2n) is 6.12. The molecule has 0 saturated heterocycles. The summed E-state index contributed by atoms with van der Waals surface area (Å²) in [5.74, 6) is 1.20. The Morgan fingerprint density at radius 3 is 2.58 bits per heavy atom. The molecule has 138 valence electrons. The van der Waals surface area contributed by atoms with Gasteiger partial charge in [0.2, 0.25) is 0 Å². The highest BCUT2D eigenvalue weighted by atomic mass is 16.5. The predicted molar refractivity (Wildman–Crippen MR) is 104 cm³/mol. The number of methoxy groups -OCH3 is 1. The molecule has 0 aromatic heterocycles. The SMILES string of the molecule is COc1cccc(/C=N/NC(=O)Nc2cccc(C)c2C)c1OC(C)C. The molecule has 0 radical (unpaired) electrons. The van der Waals surface area contributed by atoms with E-state index in [1.807, 2.05) is 64.1 Å². The third-order valence-electron chi connectivity index (χ3n) is 3.81. The van der Waals surface area contributed by atoms with Gasteiger partial charge in [-0.2, -0.15) is 5.10 Å². The van der Waals surface area contributed by atoms with Crippen molar-refractivity contribution in [2.45, 2.75) is 33.8 Å². The molecule has 0 aliphatic rings. The summed E-state index contributed by atoms with van der Waals surface area (Å²) >= 11 is 0. The van der Waals surface area contributed by atoms with Crippen molar-refractivity contribution in [3.05, 3.63) is 53.1 Å². The Balaban J connectivity index is 2.08. The number of carbonyl (C=O) groups excluding carboxylic acids is 1. The van der Waals surface area contributed by atoms with Crippen LogP contribution in [0.4, 0.5) is 10.5 Å². The Morgan fingerprint density at radius 2 is 1.88 bits per heavy atom. The van der Waals surface area contributed by atoms with Gasteiger partial charge >= 0.3 is 6.03 Å². The van der Waals surface area contributed by atoms with E-state index in [0.717, 1.165) is 16.8 Å². The molecule has 0 bridgehead atoms. The van der Waals surface area contributed by atoms with Gasteiger partial charge in [0, 0.05) is 11.3 Å². The lowest BCUT2D eigenvalue weighted by Crippen LogP contribution is -2.24. The number of hydrazone groups is 1. The number of benzene rings is 2. The fourth-order valence-corrected chi connectivity index (χ4v) is 2.35. The first kappa shape index (κ1) is 19.3. The molecule has 0 saturated carbocycles. The Labute approximate surface area is 154 Å². The summed E-state index contributed by atoms with van der Waals surface area (Å²) in [7, 11) is 1.58. The van der Waals surface area contributed by atoms with Crippen LogP contribution in [0.1, 0.15) is 30.5 Å². The molecule has 0 fully saturated rings. The average molecular weight is 355 g/mol. The number of para-hydroxylation sites is 1.